The van der Waals surface area contributed by atoms with Crippen molar-refractivity contribution in [1.29, 1.82) is 0 Å². The molecule has 0 spiro atoms. The monoisotopic (exact) mass is 802 g/mol. The van der Waals surface area contributed by atoms with Crippen LogP contribution in [0.1, 0.15) is 106 Å². The summed E-state index contributed by atoms with van der Waals surface area (Å²) in [5, 5.41) is 5.42. The Kier molecular flexibility index (Phi) is 12.4. The normalized spacial score (nSPS) is 18.3. The van der Waals surface area contributed by atoms with E-state index in [2.05, 4.69) is 49.6 Å². The molecule has 4 heterocycles. The van der Waals surface area contributed by atoms with Crippen molar-refractivity contribution < 1.29 is 28.7 Å². The molecule has 2 aromatic heterocycles. The first kappa shape index (κ1) is 41.1. The third-order valence-corrected chi connectivity index (χ3v) is 11.7. The van der Waals surface area contributed by atoms with Gasteiger partial charge in [-0.3, -0.25) is 9.59 Å². The van der Waals surface area contributed by atoms with Crippen LogP contribution in [-0.2, 0) is 31.9 Å². The first-order valence-corrected chi connectivity index (χ1v) is 20.6. The first-order valence-electron chi connectivity index (χ1n) is 20.6. The highest BCUT2D eigenvalue weighted by Crippen LogP contribution is 2.37. The van der Waals surface area contributed by atoms with E-state index in [0.29, 0.717) is 13.1 Å². The number of aryl methyl sites for hydroxylation is 2. The molecule has 0 radical (unpaired) electrons. The second-order valence-corrected chi connectivity index (χ2v) is 16.3. The maximum atomic E-state index is 13.7. The van der Waals surface area contributed by atoms with Crippen molar-refractivity contribution in [3.8, 4) is 34.4 Å². The van der Waals surface area contributed by atoms with Gasteiger partial charge in [0.25, 0.3) is 0 Å². The van der Waals surface area contributed by atoms with Gasteiger partial charge < -0.3 is 39.9 Å². The average Bonchev–Trinajstić information content (AvgIpc) is 4.07. The van der Waals surface area contributed by atoms with Gasteiger partial charge in [0.1, 0.15) is 23.7 Å². The van der Waals surface area contributed by atoms with Crippen molar-refractivity contribution in [2.75, 3.05) is 27.3 Å². The lowest BCUT2D eigenvalue weighted by molar-refractivity contribution is -0.136. The van der Waals surface area contributed by atoms with E-state index in [0.717, 1.165) is 95.9 Å². The third kappa shape index (κ3) is 8.84. The number of imidazole rings is 2. The van der Waals surface area contributed by atoms with Gasteiger partial charge in [0.15, 0.2) is 0 Å². The zero-order chi connectivity index (χ0) is 41.8. The van der Waals surface area contributed by atoms with E-state index in [-0.39, 0.29) is 35.7 Å². The number of hydrogen-bond acceptors (Lipinski definition) is 8. The fourth-order valence-electron chi connectivity index (χ4n) is 8.47. The molecule has 1 aliphatic carbocycles. The van der Waals surface area contributed by atoms with E-state index < -0.39 is 24.3 Å². The number of hydrogen-bond donors (Lipinski definition) is 4. The molecule has 310 valence electrons. The van der Waals surface area contributed by atoms with E-state index in [4.69, 9.17) is 14.5 Å². The van der Waals surface area contributed by atoms with Gasteiger partial charge in [0.05, 0.1) is 43.9 Å². The number of carbonyl (C=O) groups excluding carboxylic acids is 4. The molecule has 14 heteroatoms. The minimum absolute atomic E-state index is 0.103. The molecule has 59 heavy (non-hydrogen) atoms. The molecule has 4 N–H and O–H groups in total. The molecule has 4 aromatic rings. The van der Waals surface area contributed by atoms with Crippen LogP contribution in [0, 0.1) is 23.7 Å². The highest BCUT2D eigenvalue weighted by Gasteiger charge is 2.39. The predicted octanol–water partition coefficient (Wildman–Crippen LogP) is 6.44. The molecule has 2 aromatic carbocycles. The summed E-state index contributed by atoms with van der Waals surface area (Å²) in [4.78, 5) is 71.7. The Morgan fingerprint density at radius 2 is 1.32 bits per heavy atom. The molecule has 7 rings (SSSR count). The van der Waals surface area contributed by atoms with Crippen molar-refractivity contribution in [2.45, 2.75) is 96.8 Å². The van der Waals surface area contributed by atoms with E-state index in [9.17, 15) is 19.2 Å². The Morgan fingerprint density at radius 1 is 0.746 bits per heavy atom. The number of fused-ring (bicyclic) bond motifs is 3. The Hall–Kier alpha value is -6.10. The standard InChI is InChI=1S/C45H54N8O6/c1-26(2)37(50-44(56)58-5)42(54)52-22-8-12-35(52)40-46-25-34(48-40)30-19-16-28(17-20-30)14-15-29-18-21-32-31(24-29)10-7-11-33-39(32)49-41(47-33)36-13-9-23-53(36)43(55)38(27(3)4)51-45(57)59-6/h16-21,24-27,35-38H,7-13,22-23H2,1-6H3,(H,46,48)(H,47,49)(H,50,56)(H,51,57). The summed E-state index contributed by atoms with van der Waals surface area (Å²) in [7, 11) is 2.59. The number of likely N-dealkylation sites (tertiary alicyclic amines) is 2. The molecular weight excluding hydrogens is 749 g/mol. The van der Waals surface area contributed by atoms with Gasteiger partial charge in [-0.05, 0) is 92.2 Å². The van der Waals surface area contributed by atoms with Crippen LogP contribution in [0.4, 0.5) is 9.59 Å². The predicted molar refractivity (Wildman–Crippen MR) is 222 cm³/mol. The fraction of sp³-hybridized carbons (Fsp3) is 0.467. The Balaban J connectivity index is 1.03. The van der Waals surface area contributed by atoms with Crippen LogP contribution in [0.25, 0.3) is 22.5 Å². The highest BCUT2D eigenvalue weighted by atomic mass is 16.5. The summed E-state index contributed by atoms with van der Waals surface area (Å²) in [5.74, 6) is 7.71. The van der Waals surface area contributed by atoms with Gasteiger partial charge in [-0.15, -0.1) is 0 Å². The number of H-pyrrole nitrogens is 2. The third-order valence-electron chi connectivity index (χ3n) is 11.7. The zero-order valence-electron chi connectivity index (χ0n) is 34.7. The van der Waals surface area contributed by atoms with Gasteiger partial charge in [0.2, 0.25) is 11.8 Å². The molecule has 14 nitrogen and oxygen atoms in total. The summed E-state index contributed by atoms with van der Waals surface area (Å²) < 4.78 is 9.55. The average molecular weight is 803 g/mol. The van der Waals surface area contributed by atoms with E-state index in [1.165, 1.54) is 19.8 Å². The number of carbonyl (C=O) groups is 4. The van der Waals surface area contributed by atoms with E-state index >= 15 is 0 Å². The summed E-state index contributed by atoms with van der Waals surface area (Å²) >= 11 is 0. The van der Waals surface area contributed by atoms with Crippen LogP contribution in [0.3, 0.4) is 0 Å². The molecule has 4 atom stereocenters. The van der Waals surface area contributed by atoms with Crippen molar-refractivity contribution >= 4 is 24.0 Å². The topological polar surface area (TPSA) is 175 Å². The second kappa shape index (κ2) is 17.8. The van der Waals surface area contributed by atoms with Crippen LogP contribution < -0.4 is 10.6 Å². The molecule has 2 aliphatic heterocycles. The summed E-state index contributed by atoms with van der Waals surface area (Å²) in [5.41, 5.74) is 7.90. The number of amides is 4. The summed E-state index contributed by atoms with van der Waals surface area (Å²) in [6.07, 6.45) is 6.56. The lowest BCUT2D eigenvalue weighted by Crippen LogP contribution is -2.51. The minimum atomic E-state index is -0.689. The van der Waals surface area contributed by atoms with Crippen LogP contribution in [0.5, 0.6) is 0 Å². The molecule has 4 amide bonds. The van der Waals surface area contributed by atoms with Crippen molar-refractivity contribution in [3.63, 3.8) is 0 Å². The number of ether oxygens (including phenoxy) is 2. The van der Waals surface area contributed by atoms with Gasteiger partial charge in [-0.1, -0.05) is 57.7 Å². The highest BCUT2D eigenvalue weighted by molar-refractivity contribution is 5.87. The number of alkyl carbamates (subject to hydrolysis) is 2. The largest absolute Gasteiger partial charge is 0.453 e. The lowest BCUT2D eigenvalue weighted by Gasteiger charge is -2.30. The molecule has 3 aliphatic rings. The Morgan fingerprint density at radius 3 is 1.92 bits per heavy atom. The van der Waals surface area contributed by atoms with Crippen molar-refractivity contribution in [3.05, 3.63) is 82.7 Å². The Bertz CT molecular complexity index is 2250. The molecule has 0 saturated carbocycles. The quantitative estimate of drug-likeness (QED) is 0.140. The smallest absolute Gasteiger partial charge is 0.407 e. The number of nitrogens with one attached hydrogen (secondary N) is 4. The molecule has 4 unspecified atom stereocenters. The fourth-order valence-corrected chi connectivity index (χ4v) is 8.47. The number of aromatic nitrogens is 4. The van der Waals surface area contributed by atoms with E-state index in [1.54, 1.807) is 11.1 Å². The lowest BCUT2D eigenvalue weighted by atomic mass is 9.99. The van der Waals surface area contributed by atoms with E-state index in [1.807, 2.05) is 62.9 Å². The van der Waals surface area contributed by atoms with Gasteiger partial charge in [-0.25, -0.2) is 19.6 Å². The molecule has 0 bridgehead atoms. The van der Waals surface area contributed by atoms with Crippen molar-refractivity contribution in [2.24, 2.45) is 11.8 Å². The zero-order valence-corrected chi connectivity index (χ0v) is 34.7. The summed E-state index contributed by atoms with van der Waals surface area (Å²) in [6, 6.07) is 12.5. The van der Waals surface area contributed by atoms with Gasteiger partial charge >= 0.3 is 12.2 Å². The Labute approximate surface area is 345 Å². The second-order valence-electron chi connectivity index (χ2n) is 16.3. The maximum Gasteiger partial charge on any atom is 0.407 e. The molecule has 2 fully saturated rings. The number of rotatable bonds is 9. The first-order chi connectivity index (χ1) is 28.4. The van der Waals surface area contributed by atoms with Crippen molar-refractivity contribution in [1.82, 2.24) is 40.4 Å². The SMILES string of the molecule is COC(=O)NC(C(=O)N1CCCC1c1ncc(-c2ccc(C#Cc3ccc4c(c3)CCCc3[nH]c(C5CCCN5C(=O)C(NC(=O)OC)C(C)C)nc3-4)cc2)[nH]1)C(C)C. The minimum Gasteiger partial charge on any atom is -0.453 e. The van der Waals surface area contributed by atoms with Crippen LogP contribution >= 0.6 is 0 Å². The van der Waals surface area contributed by atoms with Crippen LogP contribution in [-0.4, -0.2) is 93.1 Å². The molecule has 2 saturated heterocycles. The van der Waals surface area contributed by atoms with Crippen LogP contribution in [0.2, 0.25) is 0 Å². The van der Waals surface area contributed by atoms with Gasteiger partial charge in [0, 0.05) is 35.5 Å². The van der Waals surface area contributed by atoms with Crippen LogP contribution in [0.15, 0.2) is 48.7 Å². The van der Waals surface area contributed by atoms with Gasteiger partial charge in [-0.2, -0.15) is 0 Å². The number of methoxy groups -OCH3 is 2. The number of aromatic amines is 2. The number of nitrogens with zero attached hydrogens (tertiary/aromatic N) is 4. The maximum absolute atomic E-state index is 13.7. The number of benzene rings is 2. The molecular formula is C45H54N8O6. The summed E-state index contributed by atoms with van der Waals surface area (Å²) in [6.45, 7) is 8.83.